The predicted octanol–water partition coefficient (Wildman–Crippen LogP) is 1.89. The summed E-state index contributed by atoms with van der Waals surface area (Å²) in [6.45, 7) is 3.85. The molecule has 0 atom stereocenters. The lowest BCUT2D eigenvalue weighted by atomic mass is 10.2. The van der Waals surface area contributed by atoms with Gasteiger partial charge in [-0.3, -0.25) is 4.79 Å². The smallest absolute Gasteiger partial charge is 0.246 e. The molecule has 1 saturated heterocycles. The molecule has 1 aromatic carbocycles. The second-order valence-corrected chi connectivity index (χ2v) is 8.60. The number of carbonyl (C=O) groups is 1. The SMILES string of the molecule is CCc1ccc(OC)c(S(=O)(=O)N2CCCN(C(=O)C3CC3)CC2)c1. The Kier molecular flexibility index (Phi) is 5.34. The van der Waals surface area contributed by atoms with Crippen LogP contribution in [0.2, 0.25) is 0 Å². The number of sulfonamides is 1. The zero-order chi connectivity index (χ0) is 18.0. The molecule has 1 heterocycles. The summed E-state index contributed by atoms with van der Waals surface area (Å²) in [7, 11) is -2.16. The molecule has 138 valence electrons. The molecule has 1 aliphatic heterocycles. The zero-order valence-corrected chi connectivity index (χ0v) is 15.7. The van der Waals surface area contributed by atoms with E-state index in [9.17, 15) is 13.2 Å². The predicted molar refractivity (Wildman–Crippen MR) is 95.1 cm³/mol. The van der Waals surface area contributed by atoms with E-state index < -0.39 is 10.0 Å². The van der Waals surface area contributed by atoms with Gasteiger partial charge in [0.2, 0.25) is 15.9 Å². The second-order valence-electron chi connectivity index (χ2n) is 6.70. The molecule has 1 saturated carbocycles. The van der Waals surface area contributed by atoms with Gasteiger partial charge in [-0.05, 0) is 43.4 Å². The van der Waals surface area contributed by atoms with Crippen molar-refractivity contribution in [3.8, 4) is 5.75 Å². The Bertz CT molecular complexity index is 743. The molecule has 1 aliphatic carbocycles. The van der Waals surface area contributed by atoms with Gasteiger partial charge < -0.3 is 9.64 Å². The highest BCUT2D eigenvalue weighted by Crippen LogP contribution is 2.32. The normalized spacial score (nSPS) is 19.5. The Morgan fingerprint density at radius 3 is 2.60 bits per heavy atom. The molecule has 0 spiro atoms. The number of ether oxygens (including phenoxy) is 1. The van der Waals surface area contributed by atoms with E-state index in [4.69, 9.17) is 4.74 Å². The third kappa shape index (κ3) is 3.82. The monoisotopic (exact) mass is 366 g/mol. The number of nitrogens with zero attached hydrogens (tertiary/aromatic N) is 2. The minimum Gasteiger partial charge on any atom is -0.495 e. The summed E-state index contributed by atoms with van der Waals surface area (Å²) in [5.41, 5.74) is 0.958. The van der Waals surface area contributed by atoms with Crippen molar-refractivity contribution >= 4 is 15.9 Å². The molecule has 0 bridgehead atoms. The Morgan fingerprint density at radius 2 is 1.96 bits per heavy atom. The highest BCUT2D eigenvalue weighted by Gasteiger charge is 2.36. The number of amides is 1. The van der Waals surface area contributed by atoms with Crippen LogP contribution in [-0.2, 0) is 21.2 Å². The lowest BCUT2D eigenvalue weighted by molar-refractivity contribution is -0.132. The Hall–Kier alpha value is -1.60. The van der Waals surface area contributed by atoms with Gasteiger partial charge in [-0.25, -0.2) is 8.42 Å². The van der Waals surface area contributed by atoms with Crippen LogP contribution in [0.1, 0.15) is 31.7 Å². The first-order valence-electron chi connectivity index (χ1n) is 8.93. The maximum Gasteiger partial charge on any atom is 0.246 e. The Labute approximate surface area is 149 Å². The molecule has 0 unspecified atom stereocenters. The van der Waals surface area contributed by atoms with Crippen LogP contribution >= 0.6 is 0 Å². The van der Waals surface area contributed by atoms with E-state index in [2.05, 4.69) is 0 Å². The fourth-order valence-electron chi connectivity index (χ4n) is 3.22. The van der Waals surface area contributed by atoms with Gasteiger partial charge in [0.05, 0.1) is 7.11 Å². The maximum atomic E-state index is 13.2. The molecule has 3 rings (SSSR count). The van der Waals surface area contributed by atoms with Crippen molar-refractivity contribution < 1.29 is 17.9 Å². The topological polar surface area (TPSA) is 66.9 Å². The molecule has 2 aliphatic rings. The van der Waals surface area contributed by atoms with Crippen molar-refractivity contribution in [3.05, 3.63) is 23.8 Å². The summed E-state index contributed by atoms with van der Waals surface area (Å²) in [6.07, 6.45) is 3.36. The minimum absolute atomic E-state index is 0.171. The van der Waals surface area contributed by atoms with E-state index in [1.54, 1.807) is 12.1 Å². The van der Waals surface area contributed by atoms with Gasteiger partial charge in [0, 0.05) is 32.1 Å². The van der Waals surface area contributed by atoms with Crippen LogP contribution in [0.15, 0.2) is 23.1 Å². The van der Waals surface area contributed by atoms with Gasteiger partial charge >= 0.3 is 0 Å². The van der Waals surface area contributed by atoms with E-state index in [1.807, 2.05) is 17.9 Å². The van der Waals surface area contributed by atoms with Crippen LogP contribution < -0.4 is 4.74 Å². The van der Waals surface area contributed by atoms with E-state index in [1.165, 1.54) is 11.4 Å². The van der Waals surface area contributed by atoms with Crippen LogP contribution in [0.5, 0.6) is 5.75 Å². The molecule has 1 aromatic rings. The van der Waals surface area contributed by atoms with Crippen molar-refractivity contribution in [3.63, 3.8) is 0 Å². The number of hydrogen-bond acceptors (Lipinski definition) is 4. The molecule has 0 radical (unpaired) electrons. The van der Waals surface area contributed by atoms with Crippen molar-refractivity contribution in [2.45, 2.75) is 37.5 Å². The fourth-order valence-corrected chi connectivity index (χ4v) is 4.90. The van der Waals surface area contributed by atoms with Crippen molar-refractivity contribution in [2.75, 3.05) is 33.3 Å². The van der Waals surface area contributed by atoms with Crippen LogP contribution in [0.25, 0.3) is 0 Å². The molecular weight excluding hydrogens is 340 g/mol. The minimum atomic E-state index is -3.64. The summed E-state index contributed by atoms with van der Waals surface area (Å²) >= 11 is 0. The molecule has 7 heteroatoms. The number of rotatable bonds is 5. The third-order valence-electron chi connectivity index (χ3n) is 4.95. The summed E-state index contributed by atoms with van der Waals surface area (Å²) in [4.78, 5) is 14.3. The largest absolute Gasteiger partial charge is 0.495 e. The van der Waals surface area contributed by atoms with E-state index in [-0.39, 0.29) is 16.7 Å². The summed E-state index contributed by atoms with van der Waals surface area (Å²) in [5.74, 6) is 0.724. The average molecular weight is 366 g/mol. The highest BCUT2D eigenvalue weighted by molar-refractivity contribution is 7.89. The van der Waals surface area contributed by atoms with Gasteiger partial charge in [-0.1, -0.05) is 13.0 Å². The molecule has 2 fully saturated rings. The van der Waals surface area contributed by atoms with E-state index in [0.717, 1.165) is 24.8 Å². The first-order chi connectivity index (χ1) is 12.0. The van der Waals surface area contributed by atoms with Gasteiger partial charge in [-0.2, -0.15) is 4.31 Å². The fraction of sp³-hybridized carbons (Fsp3) is 0.611. The van der Waals surface area contributed by atoms with Crippen LogP contribution in [0, 0.1) is 5.92 Å². The van der Waals surface area contributed by atoms with Crippen LogP contribution in [-0.4, -0.2) is 56.8 Å². The second kappa shape index (κ2) is 7.33. The number of methoxy groups -OCH3 is 1. The number of hydrogen-bond donors (Lipinski definition) is 0. The van der Waals surface area contributed by atoms with Crippen molar-refractivity contribution in [2.24, 2.45) is 5.92 Å². The summed E-state index contributed by atoms with van der Waals surface area (Å²) < 4.78 is 33.1. The van der Waals surface area contributed by atoms with Crippen molar-refractivity contribution in [1.29, 1.82) is 0 Å². The van der Waals surface area contributed by atoms with Crippen LogP contribution in [0.3, 0.4) is 0 Å². The third-order valence-corrected chi connectivity index (χ3v) is 6.87. The summed E-state index contributed by atoms with van der Waals surface area (Å²) in [5, 5.41) is 0. The van der Waals surface area contributed by atoms with Gasteiger partial charge in [-0.15, -0.1) is 0 Å². The van der Waals surface area contributed by atoms with Gasteiger partial charge in [0.15, 0.2) is 0 Å². The van der Waals surface area contributed by atoms with Gasteiger partial charge in [0.25, 0.3) is 0 Å². The molecule has 0 aromatic heterocycles. The highest BCUT2D eigenvalue weighted by atomic mass is 32.2. The lowest BCUT2D eigenvalue weighted by Crippen LogP contribution is -2.38. The van der Waals surface area contributed by atoms with E-state index in [0.29, 0.717) is 38.3 Å². The number of aryl methyl sites for hydroxylation is 1. The van der Waals surface area contributed by atoms with Gasteiger partial charge in [0.1, 0.15) is 10.6 Å². The molecule has 0 N–H and O–H groups in total. The zero-order valence-electron chi connectivity index (χ0n) is 14.9. The van der Waals surface area contributed by atoms with Crippen molar-refractivity contribution in [1.82, 2.24) is 9.21 Å². The standard InChI is InChI=1S/C18H26N2O4S/c1-3-14-5-8-16(24-2)17(13-14)25(22,23)20-10-4-9-19(11-12-20)18(21)15-6-7-15/h5,8,13,15H,3-4,6-7,9-12H2,1-2H3. The van der Waals surface area contributed by atoms with E-state index >= 15 is 0 Å². The number of benzene rings is 1. The molecule has 1 amide bonds. The van der Waals surface area contributed by atoms with Crippen LogP contribution in [0.4, 0.5) is 0 Å². The summed E-state index contributed by atoms with van der Waals surface area (Å²) in [6, 6.07) is 5.30. The molecule has 25 heavy (non-hydrogen) atoms. The Morgan fingerprint density at radius 1 is 1.20 bits per heavy atom. The maximum absolute atomic E-state index is 13.2. The molecule has 6 nitrogen and oxygen atoms in total. The molecular formula is C18H26N2O4S. The first-order valence-corrected chi connectivity index (χ1v) is 10.4. The number of carbonyl (C=O) groups excluding carboxylic acids is 1. The quantitative estimate of drug-likeness (QED) is 0.798. The first kappa shape index (κ1) is 18.2. The lowest BCUT2D eigenvalue weighted by Gasteiger charge is -2.23. The Balaban J connectivity index is 1.81. The average Bonchev–Trinajstić information content (AvgIpc) is 3.46.